The molecule has 0 nitrogen and oxygen atoms in total. The van der Waals surface area contributed by atoms with Gasteiger partial charge in [-0.25, -0.2) is 0 Å². The Morgan fingerprint density at radius 2 is 1.45 bits per heavy atom. The van der Waals surface area contributed by atoms with E-state index in [2.05, 4.69) is 72.6 Å². The molecule has 2 rings (SSSR count). The van der Waals surface area contributed by atoms with E-state index in [-0.39, 0.29) is 5.41 Å². The van der Waals surface area contributed by atoms with Crippen LogP contribution in [-0.4, -0.2) is 0 Å². The van der Waals surface area contributed by atoms with Crippen molar-refractivity contribution in [2.24, 2.45) is 29.1 Å². The molecule has 0 aromatic rings. The third kappa shape index (κ3) is 1.89. The van der Waals surface area contributed by atoms with E-state index in [1.54, 1.807) is 0 Å². The Labute approximate surface area is 136 Å². The van der Waals surface area contributed by atoms with Crippen LogP contribution in [0.15, 0.2) is 72.4 Å². The van der Waals surface area contributed by atoms with Crippen LogP contribution in [0, 0.1) is 29.1 Å². The fourth-order valence-electron chi connectivity index (χ4n) is 5.05. The van der Waals surface area contributed by atoms with Gasteiger partial charge in [-0.15, -0.1) is 0 Å². The van der Waals surface area contributed by atoms with E-state index in [4.69, 9.17) is 0 Å². The van der Waals surface area contributed by atoms with Crippen molar-refractivity contribution in [2.75, 3.05) is 0 Å². The van der Waals surface area contributed by atoms with Crippen molar-refractivity contribution >= 4 is 0 Å². The molecule has 0 heterocycles. The Kier molecular flexibility index (Phi) is 4.52. The van der Waals surface area contributed by atoms with Crippen LogP contribution in [0.2, 0.25) is 0 Å². The molecule has 0 aromatic carbocycles. The summed E-state index contributed by atoms with van der Waals surface area (Å²) < 4.78 is 0. The van der Waals surface area contributed by atoms with Crippen LogP contribution in [0.4, 0.5) is 0 Å². The molecular weight excluding hydrogens is 264 g/mol. The fraction of sp³-hybridized carbons (Fsp3) is 0.455. The molecule has 0 bridgehead atoms. The predicted octanol–water partition coefficient (Wildman–Crippen LogP) is 6.27. The van der Waals surface area contributed by atoms with Crippen molar-refractivity contribution in [3.63, 3.8) is 0 Å². The molecule has 2 aliphatic rings. The maximum absolute atomic E-state index is 4.16. The monoisotopic (exact) mass is 294 g/mol. The first-order valence-electron chi connectivity index (χ1n) is 8.39. The van der Waals surface area contributed by atoms with Crippen LogP contribution in [0.1, 0.15) is 34.6 Å². The zero-order chi connectivity index (χ0) is 16.7. The number of allylic oxidation sites excluding steroid dienone is 9. The summed E-state index contributed by atoms with van der Waals surface area (Å²) in [6.45, 7) is 23.9. The predicted molar refractivity (Wildman–Crippen MR) is 98.5 cm³/mol. The molecule has 0 aromatic heterocycles. The van der Waals surface area contributed by atoms with E-state index in [9.17, 15) is 0 Å². The quantitative estimate of drug-likeness (QED) is 0.536. The second-order valence-electron chi connectivity index (χ2n) is 6.99. The summed E-state index contributed by atoms with van der Waals surface area (Å²) in [6.07, 6.45) is 10.4. The lowest BCUT2D eigenvalue weighted by molar-refractivity contribution is 0.176. The van der Waals surface area contributed by atoms with E-state index in [0.717, 1.165) is 0 Å². The smallest absolute Gasteiger partial charge is 0.0267 e. The molecule has 2 aliphatic carbocycles. The van der Waals surface area contributed by atoms with E-state index in [0.29, 0.717) is 23.7 Å². The summed E-state index contributed by atoms with van der Waals surface area (Å²) in [5.74, 6) is 2.21. The van der Waals surface area contributed by atoms with Gasteiger partial charge in [-0.05, 0) is 47.3 Å². The number of hydrogen-bond acceptors (Lipinski definition) is 0. The highest BCUT2D eigenvalue weighted by Crippen LogP contribution is 2.65. The zero-order valence-corrected chi connectivity index (χ0v) is 14.8. The molecule has 0 fully saturated rings. The normalized spacial score (nSPS) is 38.4. The largest absolute Gasteiger partial charge is 0.0991 e. The van der Waals surface area contributed by atoms with Crippen LogP contribution in [0.3, 0.4) is 0 Å². The SMILES string of the molecule is C=C/C=C\C1=C(C)C(C)C(C)C12C(C=C)=C(C=C)C(C)C2C. The molecule has 0 saturated carbocycles. The van der Waals surface area contributed by atoms with Gasteiger partial charge in [-0.1, -0.05) is 83.4 Å². The highest BCUT2D eigenvalue weighted by atomic mass is 14.6. The maximum atomic E-state index is 4.16. The Morgan fingerprint density at radius 3 is 1.95 bits per heavy atom. The molecule has 1 spiro atoms. The van der Waals surface area contributed by atoms with Gasteiger partial charge in [0, 0.05) is 5.41 Å². The van der Waals surface area contributed by atoms with E-state index in [1.165, 1.54) is 22.3 Å². The lowest BCUT2D eigenvalue weighted by Gasteiger charge is -2.41. The highest BCUT2D eigenvalue weighted by molar-refractivity contribution is 5.57. The van der Waals surface area contributed by atoms with Crippen LogP contribution in [0.5, 0.6) is 0 Å². The third-order valence-corrected chi connectivity index (χ3v) is 6.56. The minimum Gasteiger partial charge on any atom is -0.0991 e. The molecule has 5 atom stereocenters. The molecule has 0 aliphatic heterocycles. The summed E-state index contributed by atoms with van der Waals surface area (Å²) in [7, 11) is 0. The topological polar surface area (TPSA) is 0 Å². The molecular formula is C22H30. The zero-order valence-electron chi connectivity index (χ0n) is 14.8. The van der Waals surface area contributed by atoms with Crippen molar-refractivity contribution < 1.29 is 0 Å². The molecule has 22 heavy (non-hydrogen) atoms. The average Bonchev–Trinajstić information content (AvgIpc) is 2.84. The summed E-state index contributed by atoms with van der Waals surface area (Å²) in [4.78, 5) is 0. The van der Waals surface area contributed by atoms with Gasteiger partial charge in [-0.2, -0.15) is 0 Å². The van der Waals surface area contributed by atoms with Gasteiger partial charge in [0.2, 0.25) is 0 Å². The van der Waals surface area contributed by atoms with Crippen LogP contribution >= 0.6 is 0 Å². The minimum absolute atomic E-state index is 0.0632. The Balaban J connectivity index is 2.81. The highest BCUT2D eigenvalue weighted by Gasteiger charge is 2.57. The second-order valence-corrected chi connectivity index (χ2v) is 6.99. The molecule has 0 N–H and O–H groups in total. The van der Waals surface area contributed by atoms with Crippen molar-refractivity contribution in [3.05, 3.63) is 72.4 Å². The number of rotatable bonds is 4. The minimum atomic E-state index is 0.0632. The van der Waals surface area contributed by atoms with E-state index >= 15 is 0 Å². The molecule has 118 valence electrons. The van der Waals surface area contributed by atoms with E-state index < -0.39 is 0 Å². The first-order valence-corrected chi connectivity index (χ1v) is 8.39. The Bertz CT molecular complexity index is 596. The molecule has 5 unspecified atom stereocenters. The molecule has 0 radical (unpaired) electrons. The van der Waals surface area contributed by atoms with E-state index in [1.807, 2.05) is 12.2 Å². The summed E-state index contributed by atoms with van der Waals surface area (Å²) in [5.41, 5.74) is 5.81. The Morgan fingerprint density at radius 1 is 0.864 bits per heavy atom. The lowest BCUT2D eigenvalue weighted by Crippen LogP contribution is -2.35. The molecule has 0 saturated heterocycles. The number of hydrogen-bond donors (Lipinski definition) is 0. The van der Waals surface area contributed by atoms with Crippen molar-refractivity contribution in [3.8, 4) is 0 Å². The van der Waals surface area contributed by atoms with Gasteiger partial charge >= 0.3 is 0 Å². The van der Waals surface area contributed by atoms with Crippen molar-refractivity contribution in [2.45, 2.75) is 34.6 Å². The van der Waals surface area contributed by atoms with Gasteiger partial charge in [0.15, 0.2) is 0 Å². The van der Waals surface area contributed by atoms with Gasteiger partial charge in [-0.3, -0.25) is 0 Å². The van der Waals surface area contributed by atoms with Crippen molar-refractivity contribution in [1.29, 1.82) is 0 Å². The summed E-state index contributed by atoms with van der Waals surface area (Å²) in [5, 5.41) is 0. The van der Waals surface area contributed by atoms with Gasteiger partial charge in [0.25, 0.3) is 0 Å². The summed E-state index contributed by atoms with van der Waals surface area (Å²) in [6, 6.07) is 0. The van der Waals surface area contributed by atoms with Crippen LogP contribution in [-0.2, 0) is 0 Å². The second kappa shape index (κ2) is 5.91. The average molecular weight is 294 g/mol. The third-order valence-electron chi connectivity index (χ3n) is 6.56. The van der Waals surface area contributed by atoms with Gasteiger partial charge in [0.05, 0.1) is 0 Å². The molecule has 0 heteroatoms. The van der Waals surface area contributed by atoms with Crippen LogP contribution < -0.4 is 0 Å². The fourth-order valence-corrected chi connectivity index (χ4v) is 5.05. The van der Waals surface area contributed by atoms with Crippen LogP contribution in [0.25, 0.3) is 0 Å². The van der Waals surface area contributed by atoms with Crippen molar-refractivity contribution in [1.82, 2.24) is 0 Å². The summed E-state index contributed by atoms with van der Waals surface area (Å²) >= 11 is 0. The van der Waals surface area contributed by atoms with Gasteiger partial charge in [0.1, 0.15) is 0 Å². The van der Waals surface area contributed by atoms with Gasteiger partial charge < -0.3 is 0 Å². The Hall–Kier alpha value is -1.56. The first-order chi connectivity index (χ1) is 10.4. The molecule has 0 amide bonds. The maximum Gasteiger partial charge on any atom is 0.0267 e. The first kappa shape index (κ1) is 16.8. The lowest BCUT2D eigenvalue weighted by atomic mass is 9.62. The standard InChI is InChI=1S/C22H30/c1-9-12-13-21-15(5)14(4)17(7)22(21)18(8)16(6)19(10-2)20(22)11-3/h9-14,16-18H,1-3H2,4-8H3/b13-12-.